The molecule has 0 spiro atoms. The molecule has 1 aromatic rings. The molecule has 0 aliphatic carbocycles. The van der Waals surface area contributed by atoms with Crippen molar-refractivity contribution in [2.45, 2.75) is 20.3 Å². The van der Waals surface area contributed by atoms with Crippen LogP contribution in [0.5, 0.6) is 5.75 Å². The van der Waals surface area contributed by atoms with E-state index in [-0.39, 0.29) is 0 Å². The smallest absolute Gasteiger partial charge is 0.240 e. The largest absolute Gasteiger partial charge is 0.493 e. The average Bonchev–Trinajstić information content (AvgIpc) is 2.27. The minimum Gasteiger partial charge on any atom is -0.493 e. The molecule has 0 heterocycles. The number of nitrogens with zero attached hydrogens (tertiary/aromatic N) is 1. The van der Waals surface area contributed by atoms with Crippen molar-refractivity contribution in [2.24, 2.45) is 10.9 Å². The predicted octanol–water partition coefficient (Wildman–Crippen LogP) is 3.08. The summed E-state index contributed by atoms with van der Waals surface area (Å²) >= 11 is 0. The van der Waals surface area contributed by atoms with Gasteiger partial charge in [-0.3, -0.25) is 0 Å². The highest BCUT2D eigenvalue weighted by atomic mass is 16.5. The fourth-order valence-electron chi connectivity index (χ4n) is 1.05. The predicted molar refractivity (Wildman–Crippen MR) is 59.2 cm³/mol. The van der Waals surface area contributed by atoms with Crippen molar-refractivity contribution >= 4 is 11.8 Å². The molecule has 1 rings (SSSR count). The van der Waals surface area contributed by atoms with Crippen molar-refractivity contribution < 1.29 is 9.53 Å². The van der Waals surface area contributed by atoms with Gasteiger partial charge < -0.3 is 4.74 Å². The zero-order valence-corrected chi connectivity index (χ0v) is 9.06. The van der Waals surface area contributed by atoms with Crippen molar-refractivity contribution in [2.75, 3.05) is 6.61 Å². The quantitative estimate of drug-likeness (QED) is 0.547. The standard InChI is InChI=1S/C12H15NO2/c1-3-10(2)8-15-12-6-4-5-11(7-12)13-9-14/h4-7,10H,3,8H2,1-2H3/t10-/m0/s1. The molecule has 3 heteroatoms. The van der Waals surface area contributed by atoms with Gasteiger partial charge in [-0.15, -0.1) is 0 Å². The van der Waals surface area contributed by atoms with Crippen LogP contribution in [0.3, 0.4) is 0 Å². The molecule has 0 radical (unpaired) electrons. The molecule has 0 bridgehead atoms. The second kappa shape index (κ2) is 5.99. The molecule has 15 heavy (non-hydrogen) atoms. The molecular weight excluding hydrogens is 190 g/mol. The molecule has 1 aromatic carbocycles. The van der Waals surface area contributed by atoms with Crippen LogP contribution in [0.15, 0.2) is 29.3 Å². The fourth-order valence-corrected chi connectivity index (χ4v) is 1.05. The third-order valence-electron chi connectivity index (χ3n) is 2.22. The molecule has 0 aliphatic rings. The van der Waals surface area contributed by atoms with Gasteiger partial charge in [0.15, 0.2) is 0 Å². The molecule has 0 aliphatic heterocycles. The van der Waals surface area contributed by atoms with Crippen LogP contribution in [-0.4, -0.2) is 12.7 Å². The van der Waals surface area contributed by atoms with Crippen molar-refractivity contribution in [3.05, 3.63) is 24.3 Å². The van der Waals surface area contributed by atoms with Gasteiger partial charge in [0.05, 0.1) is 12.3 Å². The molecule has 0 fully saturated rings. The topological polar surface area (TPSA) is 38.7 Å². The number of benzene rings is 1. The highest BCUT2D eigenvalue weighted by Crippen LogP contribution is 2.20. The highest BCUT2D eigenvalue weighted by molar-refractivity contribution is 5.51. The summed E-state index contributed by atoms with van der Waals surface area (Å²) in [7, 11) is 0. The summed E-state index contributed by atoms with van der Waals surface area (Å²) in [6.45, 7) is 4.94. The van der Waals surface area contributed by atoms with Crippen LogP contribution in [-0.2, 0) is 4.79 Å². The van der Waals surface area contributed by atoms with Crippen LogP contribution < -0.4 is 4.74 Å². The van der Waals surface area contributed by atoms with Crippen LogP contribution in [0, 0.1) is 5.92 Å². The van der Waals surface area contributed by atoms with Gasteiger partial charge in [0.2, 0.25) is 6.08 Å². The molecular formula is C12H15NO2. The van der Waals surface area contributed by atoms with E-state index in [1.54, 1.807) is 12.1 Å². The van der Waals surface area contributed by atoms with Gasteiger partial charge in [0, 0.05) is 6.07 Å². The molecule has 0 aromatic heterocycles. The summed E-state index contributed by atoms with van der Waals surface area (Å²) < 4.78 is 5.56. The van der Waals surface area contributed by atoms with E-state index in [1.807, 2.05) is 12.1 Å². The second-order valence-electron chi connectivity index (χ2n) is 3.52. The van der Waals surface area contributed by atoms with Gasteiger partial charge in [0.25, 0.3) is 0 Å². The maximum atomic E-state index is 10.1. The Hall–Kier alpha value is -1.60. The summed E-state index contributed by atoms with van der Waals surface area (Å²) in [6.07, 6.45) is 2.60. The number of ether oxygens (including phenoxy) is 1. The number of isocyanates is 1. The van der Waals surface area contributed by atoms with Gasteiger partial charge in [-0.05, 0) is 18.1 Å². The molecule has 3 nitrogen and oxygen atoms in total. The van der Waals surface area contributed by atoms with E-state index < -0.39 is 0 Å². The number of hydrogen-bond acceptors (Lipinski definition) is 3. The van der Waals surface area contributed by atoms with E-state index in [0.29, 0.717) is 18.2 Å². The Morgan fingerprint density at radius 3 is 3.00 bits per heavy atom. The molecule has 0 saturated heterocycles. The van der Waals surface area contributed by atoms with Crippen LogP contribution in [0.2, 0.25) is 0 Å². The lowest BCUT2D eigenvalue weighted by molar-refractivity contribution is 0.256. The third kappa shape index (κ3) is 3.96. The summed E-state index contributed by atoms with van der Waals surface area (Å²) in [5.74, 6) is 1.27. The van der Waals surface area contributed by atoms with E-state index in [4.69, 9.17) is 4.74 Å². The first kappa shape index (κ1) is 11.5. The van der Waals surface area contributed by atoms with Gasteiger partial charge in [-0.25, -0.2) is 4.79 Å². The normalized spacial score (nSPS) is 11.6. The monoisotopic (exact) mass is 205 g/mol. The minimum absolute atomic E-state index is 0.531. The van der Waals surface area contributed by atoms with E-state index in [2.05, 4.69) is 18.8 Å². The first-order valence-corrected chi connectivity index (χ1v) is 5.07. The molecule has 1 atom stereocenters. The zero-order chi connectivity index (χ0) is 11.1. The Balaban J connectivity index is 2.61. The molecule has 80 valence electrons. The molecule has 0 amide bonds. The van der Waals surface area contributed by atoms with Crippen molar-refractivity contribution in [1.82, 2.24) is 0 Å². The minimum atomic E-state index is 0.531. The average molecular weight is 205 g/mol. The number of hydrogen-bond donors (Lipinski definition) is 0. The number of rotatable bonds is 5. The van der Waals surface area contributed by atoms with Crippen molar-refractivity contribution in [3.8, 4) is 5.75 Å². The van der Waals surface area contributed by atoms with Crippen LogP contribution in [0.1, 0.15) is 20.3 Å². The maximum absolute atomic E-state index is 10.1. The fraction of sp³-hybridized carbons (Fsp3) is 0.417. The van der Waals surface area contributed by atoms with E-state index >= 15 is 0 Å². The van der Waals surface area contributed by atoms with Gasteiger partial charge in [-0.1, -0.05) is 26.3 Å². The first-order chi connectivity index (χ1) is 7.26. The Bertz CT molecular complexity index is 356. The number of carbonyl (C=O) groups excluding carboxylic acids is 1. The van der Waals surface area contributed by atoms with E-state index in [9.17, 15) is 4.79 Å². The first-order valence-electron chi connectivity index (χ1n) is 5.07. The summed E-state index contributed by atoms with van der Waals surface area (Å²) in [5.41, 5.74) is 0.576. The van der Waals surface area contributed by atoms with Crippen molar-refractivity contribution in [1.29, 1.82) is 0 Å². The lowest BCUT2D eigenvalue weighted by atomic mass is 10.1. The van der Waals surface area contributed by atoms with Gasteiger partial charge in [0.1, 0.15) is 5.75 Å². The number of aliphatic imine (C=N–C) groups is 1. The highest BCUT2D eigenvalue weighted by Gasteiger charge is 2.00. The van der Waals surface area contributed by atoms with Crippen LogP contribution in [0.4, 0.5) is 5.69 Å². The van der Waals surface area contributed by atoms with E-state index in [1.165, 1.54) is 6.08 Å². The maximum Gasteiger partial charge on any atom is 0.240 e. The molecule has 0 saturated carbocycles. The van der Waals surface area contributed by atoms with Crippen LogP contribution >= 0.6 is 0 Å². The van der Waals surface area contributed by atoms with E-state index in [0.717, 1.165) is 12.2 Å². The van der Waals surface area contributed by atoms with Gasteiger partial charge in [-0.2, -0.15) is 4.99 Å². The van der Waals surface area contributed by atoms with Gasteiger partial charge >= 0.3 is 0 Å². The van der Waals surface area contributed by atoms with Crippen LogP contribution in [0.25, 0.3) is 0 Å². The molecule has 0 N–H and O–H groups in total. The summed E-state index contributed by atoms with van der Waals surface area (Å²) in [4.78, 5) is 13.6. The lowest BCUT2D eigenvalue weighted by Crippen LogP contribution is -2.06. The SMILES string of the molecule is CC[C@H](C)COc1cccc(N=C=O)c1. The Morgan fingerprint density at radius 2 is 2.33 bits per heavy atom. The molecule has 0 unspecified atom stereocenters. The Kier molecular flexibility index (Phi) is 4.58. The van der Waals surface area contributed by atoms with Crippen molar-refractivity contribution in [3.63, 3.8) is 0 Å². The Labute approximate surface area is 89.8 Å². The Morgan fingerprint density at radius 1 is 1.53 bits per heavy atom. The third-order valence-corrected chi connectivity index (χ3v) is 2.22. The second-order valence-corrected chi connectivity index (χ2v) is 3.52. The summed E-state index contributed by atoms with van der Waals surface area (Å²) in [6, 6.07) is 7.13. The lowest BCUT2D eigenvalue weighted by Gasteiger charge is -2.10. The zero-order valence-electron chi connectivity index (χ0n) is 9.06. The summed E-state index contributed by atoms with van der Waals surface area (Å²) in [5, 5.41) is 0.